The molecule has 16 heavy (non-hydrogen) atoms. The van der Waals surface area contributed by atoms with E-state index in [4.69, 9.17) is 5.11 Å². The lowest BCUT2D eigenvalue weighted by molar-refractivity contribution is -0.137. The minimum Gasteiger partial charge on any atom is -0.481 e. The van der Waals surface area contributed by atoms with E-state index in [9.17, 15) is 9.18 Å². The number of aliphatic carboxylic acids is 1. The second kappa shape index (κ2) is 6.63. The number of rotatable bonds is 6. The van der Waals surface area contributed by atoms with Crippen LogP contribution in [0.1, 0.15) is 37.4 Å². The lowest BCUT2D eigenvalue weighted by Crippen LogP contribution is -1.96. The molecule has 1 atom stereocenters. The Morgan fingerprint density at radius 2 is 2.06 bits per heavy atom. The van der Waals surface area contributed by atoms with E-state index in [1.165, 1.54) is 0 Å². The Kier molecular flexibility index (Phi) is 5.46. The standard InChI is InChI=1S/C12H14BrFO2/c13-10-6-2-1-5-9(10)11(14)7-3-4-8-12(15)16/h1-2,5-6,11H,3-4,7-8H2,(H,15,16). The van der Waals surface area contributed by atoms with Crippen LogP contribution in [0.3, 0.4) is 0 Å². The van der Waals surface area contributed by atoms with Gasteiger partial charge in [0.05, 0.1) is 0 Å². The number of unbranched alkanes of at least 4 members (excludes halogenated alkanes) is 1. The Morgan fingerprint density at radius 3 is 2.69 bits per heavy atom. The number of carbonyl (C=O) groups is 1. The fraction of sp³-hybridized carbons (Fsp3) is 0.417. The molecule has 88 valence electrons. The summed E-state index contributed by atoms with van der Waals surface area (Å²) in [6, 6.07) is 7.18. The van der Waals surface area contributed by atoms with Gasteiger partial charge in [-0.2, -0.15) is 0 Å². The fourth-order valence-electron chi connectivity index (χ4n) is 1.48. The minimum absolute atomic E-state index is 0.114. The third kappa shape index (κ3) is 4.31. The van der Waals surface area contributed by atoms with Gasteiger partial charge in [0.1, 0.15) is 6.17 Å². The molecular weight excluding hydrogens is 275 g/mol. The SMILES string of the molecule is O=C(O)CCCCC(F)c1ccccc1Br. The molecule has 0 bridgehead atoms. The van der Waals surface area contributed by atoms with Gasteiger partial charge >= 0.3 is 5.97 Å². The van der Waals surface area contributed by atoms with Gasteiger partial charge in [-0.15, -0.1) is 0 Å². The zero-order chi connectivity index (χ0) is 12.0. The first-order valence-corrected chi connectivity index (χ1v) is 6.01. The van der Waals surface area contributed by atoms with Crippen molar-refractivity contribution < 1.29 is 14.3 Å². The number of carboxylic acids is 1. The van der Waals surface area contributed by atoms with Crippen LogP contribution in [0.25, 0.3) is 0 Å². The molecule has 1 unspecified atom stereocenters. The zero-order valence-corrected chi connectivity index (χ0v) is 10.4. The molecule has 1 rings (SSSR count). The second-order valence-corrected chi connectivity index (χ2v) is 4.48. The topological polar surface area (TPSA) is 37.3 Å². The fourth-order valence-corrected chi connectivity index (χ4v) is 2.02. The molecule has 0 saturated carbocycles. The van der Waals surface area contributed by atoms with Gasteiger partial charge in [-0.1, -0.05) is 34.1 Å². The number of halogens is 2. The number of hydrogen-bond donors (Lipinski definition) is 1. The molecule has 4 heteroatoms. The minimum atomic E-state index is -1.02. The maximum absolute atomic E-state index is 13.7. The summed E-state index contributed by atoms with van der Waals surface area (Å²) < 4.78 is 14.5. The lowest BCUT2D eigenvalue weighted by Gasteiger charge is -2.09. The van der Waals surface area contributed by atoms with Crippen molar-refractivity contribution in [2.45, 2.75) is 31.9 Å². The van der Waals surface area contributed by atoms with Crippen molar-refractivity contribution in [1.29, 1.82) is 0 Å². The third-order valence-corrected chi connectivity index (χ3v) is 3.06. The molecule has 0 aliphatic rings. The Labute approximate surface area is 103 Å². The molecule has 0 amide bonds. The summed E-state index contributed by atoms with van der Waals surface area (Å²) in [6.45, 7) is 0. The zero-order valence-electron chi connectivity index (χ0n) is 8.83. The summed E-state index contributed by atoms with van der Waals surface area (Å²) in [5, 5.41) is 8.44. The summed E-state index contributed by atoms with van der Waals surface area (Å²) >= 11 is 3.29. The first-order valence-electron chi connectivity index (χ1n) is 5.21. The van der Waals surface area contributed by atoms with E-state index in [-0.39, 0.29) is 6.42 Å². The highest BCUT2D eigenvalue weighted by Gasteiger charge is 2.12. The van der Waals surface area contributed by atoms with E-state index < -0.39 is 12.1 Å². The van der Waals surface area contributed by atoms with Gasteiger partial charge in [0, 0.05) is 16.5 Å². The molecule has 0 aromatic heterocycles. The van der Waals surface area contributed by atoms with Crippen LogP contribution in [0.5, 0.6) is 0 Å². The summed E-state index contributed by atoms with van der Waals surface area (Å²) in [6.07, 6.45) is 0.581. The molecular formula is C12H14BrFO2. The molecule has 0 heterocycles. The summed E-state index contributed by atoms with van der Waals surface area (Å²) in [5.41, 5.74) is 0.637. The van der Waals surface area contributed by atoms with E-state index in [1.54, 1.807) is 18.2 Å². The molecule has 0 fully saturated rings. The van der Waals surface area contributed by atoms with Gasteiger partial charge in [0.25, 0.3) is 0 Å². The largest absolute Gasteiger partial charge is 0.481 e. The van der Waals surface area contributed by atoms with Crippen LogP contribution in [0.2, 0.25) is 0 Å². The van der Waals surface area contributed by atoms with Crippen LogP contribution in [-0.2, 0) is 4.79 Å². The third-order valence-electron chi connectivity index (χ3n) is 2.34. The van der Waals surface area contributed by atoms with Gasteiger partial charge in [-0.3, -0.25) is 4.79 Å². The van der Waals surface area contributed by atoms with Gasteiger partial charge in [0.15, 0.2) is 0 Å². The Hall–Kier alpha value is -0.900. The van der Waals surface area contributed by atoms with Crippen molar-refractivity contribution >= 4 is 21.9 Å². The van der Waals surface area contributed by atoms with Crippen molar-refractivity contribution in [3.8, 4) is 0 Å². The van der Waals surface area contributed by atoms with Crippen LogP contribution in [-0.4, -0.2) is 11.1 Å². The number of alkyl halides is 1. The van der Waals surface area contributed by atoms with Gasteiger partial charge in [-0.05, 0) is 25.3 Å². The van der Waals surface area contributed by atoms with Crippen molar-refractivity contribution in [3.63, 3.8) is 0 Å². The van der Waals surface area contributed by atoms with Crippen molar-refractivity contribution in [2.75, 3.05) is 0 Å². The Balaban J connectivity index is 2.38. The predicted octanol–water partition coefficient (Wildman–Crippen LogP) is 4.10. The maximum Gasteiger partial charge on any atom is 0.303 e. The smallest absolute Gasteiger partial charge is 0.303 e. The molecule has 2 nitrogen and oxygen atoms in total. The van der Waals surface area contributed by atoms with E-state index >= 15 is 0 Å². The van der Waals surface area contributed by atoms with Crippen LogP contribution in [0.4, 0.5) is 4.39 Å². The lowest BCUT2D eigenvalue weighted by atomic mass is 10.0. The van der Waals surface area contributed by atoms with Crippen LogP contribution < -0.4 is 0 Å². The summed E-state index contributed by atoms with van der Waals surface area (Å²) in [5.74, 6) is -0.823. The second-order valence-electron chi connectivity index (χ2n) is 3.63. The number of benzene rings is 1. The van der Waals surface area contributed by atoms with Crippen LogP contribution in [0.15, 0.2) is 28.7 Å². The maximum atomic E-state index is 13.7. The van der Waals surface area contributed by atoms with Crippen molar-refractivity contribution in [2.24, 2.45) is 0 Å². The van der Waals surface area contributed by atoms with E-state index in [0.717, 1.165) is 4.47 Å². The van der Waals surface area contributed by atoms with Crippen molar-refractivity contribution in [1.82, 2.24) is 0 Å². The predicted molar refractivity (Wildman–Crippen MR) is 64.1 cm³/mol. The first kappa shape index (κ1) is 13.2. The normalized spacial score (nSPS) is 12.4. The van der Waals surface area contributed by atoms with Gasteiger partial charge < -0.3 is 5.11 Å². The Morgan fingerprint density at radius 1 is 1.38 bits per heavy atom. The molecule has 0 aliphatic heterocycles. The summed E-state index contributed by atoms with van der Waals surface area (Å²) in [7, 11) is 0. The number of carboxylic acid groups (broad SMARTS) is 1. The molecule has 1 aromatic carbocycles. The first-order chi connectivity index (χ1) is 7.61. The number of hydrogen-bond acceptors (Lipinski definition) is 1. The quantitative estimate of drug-likeness (QED) is 0.800. The highest BCUT2D eigenvalue weighted by molar-refractivity contribution is 9.10. The molecule has 1 N–H and O–H groups in total. The van der Waals surface area contributed by atoms with E-state index in [1.807, 2.05) is 6.07 Å². The van der Waals surface area contributed by atoms with Crippen LogP contribution >= 0.6 is 15.9 Å². The molecule has 1 aromatic rings. The van der Waals surface area contributed by atoms with E-state index in [0.29, 0.717) is 24.8 Å². The molecule has 0 saturated heterocycles. The average Bonchev–Trinajstić information content (AvgIpc) is 2.24. The monoisotopic (exact) mass is 288 g/mol. The van der Waals surface area contributed by atoms with Crippen molar-refractivity contribution in [3.05, 3.63) is 34.3 Å². The average molecular weight is 289 g/mol. The molecule has 0 aliphatic carbocycles. The molecule has 0 spiro atoms. The highest BCUT2D eigenvalue weighted by atomic mass is 79.9. The summed E-state index contributed by atoms with van der Waals surface area (Å²) in [4.78, 5) is 10.3. The highest BCUT2D eigenvalue weighted by Crippen LogP contribution is 2.29. The Bertz CT molecular complexity index is 355. The van der Waals surface area contributed by atoms with Gasteiger partial charge in [0.2, 0.25) is 0 Å². The van der Waals surface area contributed by atoms with E-state index in [2.05, 4.69) is 15.9 Å². The van der Waals surface area contributed by atoms with Crippen LogP contribution in [0, 0.1) is 0 Å². The van der Waals surface area contributed by atoms with Gasteiger partial charge in [-0.25, -0.2) is 4.39 Å². The molecule has 0 radical (unpaired) electrons.